The Morgan fingerprint density at radius 3 is 1.62 bits per heavy atom. The summed E-state index contributed by atoms with van der Waals surface area (Å²) in [4.78, 5) is 41.8. The molecule has 0 saturated heterocycles. The number of amidine groups is 1. The van der Waals surface area contributed by atoms with Crippen LogP contribution in [0.2, 0.25) is 0 Å². The highest BCUT2D eigenvalue weighted by Crippen LogP contribution is 2.36. The molecule has 474 valence electrons. The number of alkyl halides is 3. The van der Waals surface area contributed by atoms with Crippen LogP contribution in [0, 0.1) is 23.3 Å². The Hall–Kier alpha value is -4.75. The van der Waals surface area contributed by atoms with E-state index in [4.69, 9.17) is 53.1 Å². The van der Waals surface area contributed by atoms with Gasteiger partial charge in [0.2, 0.25) is 17.4 Å². The minimum absolute atomic E-state index is 0.0141. The van der Waals surface area contributed by atoms with Crippen LogP contribution in [0.25, 0.3) is 6.08 Å². The summed E-state index contributed by atoms with van der Waals surface area (Å²) in [6.07, 6.45) is 2.95. The fourth-order valence-corrected chi connectivity index (χ4v) is 9.08. The normalized spacial score (nSPS) is 12.7. The van der Waals surface area contributed by atoms with Crippen LogP contribution in [0.15, 0.2) is 35.0 Å². The monoisotopic (exact) mass is 1220 g/mol. The van der Waals surface area contributed by atoms with Crippen molar-refractivity contribution in [1.29, 1.82) is 0 Å². The molecule has 2 aromatic heterocycles. The number of benzene rings is 1. The molecule has 0 unspecified atom stereocenters. The van der Waals surface area contributed by atoms with Gasteiger partial charge in [0.25, 0.3) is 5.91 Å². The van der Waals surface area contributed by atoms with Gasteiger partial charge in [-0.05, 0) is 77.1 Å². The van der Waals surface area contributed by atoms with Gasteiger partial charge in [-0.15, -0.1) is 11.3 Å². The Morgan fingerprint density at radius 1 is 0.631 bits per heavy atom. The molecule has 3 aromatic rings. The van der Waals surface area contributed by atoms with Crippen LogP contribution in [0.1, 0.15) is 72.0 Å². The van der Waals surface area contributed by atoms with E-state index in [0.717, 1.165) is 60.3 Å². The molecule has 3 heterocycles. The van der Waals surface area contributed by atoms with Gasteiger partial charge in [-0.2, -0.15) is 22.0 Å². The van der Waals surface area contributed by atoms with E-state index in [1.165, 1.54) is 6.20 Å². The number of fused-ring (bicyclic) bond motifs is 1. The number of hydrogen-bond donors (Lipinski definition) is 1. The fraction of sp³-hybridized carbons (Fsp3) is 0.649. The number of aromatic nitrogens is 1. The largest absolute Gasteiger partial charge is 0.420 e. The lowest BCUT2D eigenvalue weighted by atomic mass is 10.1. The van der Waals surface area contributed by atoms with Gasteiger partial charge < -0.3 is 72.5 Å². The molecular weight excluding hydrogens is 1140 g/mol. The molecule has 0 fully saturated rings. The first kappa shape index (κ1) is 71.7. The second-order valence-electron chi connectivity index (χ2n) is 19.5. The summed E-state index contributed by atoms with van der Waals surface area (Å²) in [6, 6.07) is 3.14. The maximum absolute atomic E-state index is 14.0. The molecule has 1 aliphatic rings. The predicted molar refractivity (Wildman–Crippen MR) is 300 cm³/mol. The third kappa shape index (κ3) is 29.1. The molecule has 0 radical (unpaired) electrons. The molecule has 0 atom stereocenters. The van der Waals surface area contributed by atoms with Crippen molar-refractivity contribution in [2.75, 3.05) is 173 Å². The number of carbonyl (C=O) groups excluding carboxylic acids is 2. The molecule has 0 saturated carbocycles. The van der Waals surface area contributed by atoms with Crippen LogP contribution in [0.3, 0.4) is 0 Å². The van der Waals surface area contributed by atoms with E-state index in [0.29, 0.717) is 136 Å². The second kappa shape index (κ2) is 41.4. The summed E-state index contributed by atoms with van der Waals surface area (Å²) >= 11 is 1.58. The second-order valence-corrected chi connectivity index (χ2v) is 20.6. The van der Waals surface area contributed by atoms with Crippen molar-refractivity contribution in [3.8, 4) is 5.75 Å². The number of ether oxygens (including phenoxy) is 11. The van der Waals surface area contributed by atoms with E-state index in [9.17, 15) is 40.3 Å². The zero-order valence-electron chi connectivity index (χ0n) is 48.7. The number of hydrogen-bond acceptors (Lipinski definition) is 19. The Balaban J connectivity index is 0.880. The molecule has 27 heteroatoms. The van der Waals surface area contributed by atoms with Crippen LogP contribution in [0.5, 0.6) is 5.75 Å². The Morgan fingerprint density at radius 2 is 1.13 bits per heavy atom. The highest BCUT2D eigenvalue weighted by molar-refractivity contribution is 7.13. The summed E-state index contributed by atoms with van der Waals surface area (Å²) in [6.45, 7) is 11.4. The lowest BCUT2D eigenvalue weighted by molar-refractivity contribution is -0.139. The third-order valence-corrected chi connectivity index (χ3v) is 13.3. The lowest BCUT2D eigenvalue weighted by Crippen LogP contribution is -2.33. The third-order valence-electron chi connectivity index (χ3n) is 12.1. The molecule has 2 N–H and O–H groups in total. The number of carbonyl (C=O) groups is 2. The molecular formula is C57H83F7N6O13S. The van der Waals surface area contributed by atoms with Gasteiger partial charge in [0.15, 0.2) is 11.6 Å². The standard InChI is InChI=1S/C57H83F7N6O13S/c1-5-11-70(40-42-34-45(57(62,63)64)49(66-39-42)41-68(2)3)56(72)43-35-50-48(67-51(65)36-43)37-44(84-50)9-7-6-8-12-69(4)13-15-74-17-19-76-21-23-78-25-27-80-29-31-82-33-32-81-30-28-79-26-24-77-22-20-75-18-16-73-14-10-52(71)83-55-53(60)46(58)38-47(59)54(55)61/h34-35,37-39H,5-33,36,40-41H2,1-4H3,(H2,65,67). The van der Waals surface area contributed by atoms with Crippen LogP contribution >= 0.6 is 11.3 Å². The molecule has 0 spiro atoms. The first-order valence-electron chi connectivity index (χ1n) is 28.1. The van der Waals surface area contributed by atoms with Gasteiger partial charge in [-0.1, -0.05) is 13.3 Å². The van der Waals surface area contributed by atoms with Gasteiger partial charge in [0.05, 0.1) is 160 Å². The van der Waals surface area contributed by atoms with Crippen LogP contribution in [-0.2, 0) is 82.6 Å². The molecule has 1 aliphatic heterocycles. The predicted octanol–water partition coefficient (Wildman–Crippen LogP) is 7.80. The fourth-order valence-electron chi connectivity index (χ4n) is 7.97. The number of aryl methyl sites for hydroxylation is 1. The summed E-state index contributed by atoms with van der Waals surface area (Å²) in [5, 5.41) is 0. The molecule has 0 bridgehead atoms. The van der Waals surface area contributed by atoms with Gasteiger partial charge in [-0.25, -0.2) is 13.8 Å². The molecule has 19 nitrogen and oxygen atoms in total. The minimum atomic E-state index is -4.58. The van der Waals surface area contributed by atoms with E-state index < -0.39 is 53.1 Å². The molecule has 84 heavy (non-hydrogen) atoms. The SMILES string of the molecule is CCCN(Cc1cnc(CN(C)C)c(C(F)(F)F)c1)C(=O)C1=Cc2sc(CCCCCN(C)CCOCCOCCOCCOCCOCCOCCOCCOCCOCCOCCC(=O)Oc3c(F)c(F)cc(F)c3F)cc2N=C(N)C1. The van der Waals surface area contributed by atoms with E-state index >= 15 is 0 Å². The number of pyridine rings is 1. The number of esters is 1. The van der Waals surface area contributed by atoms with Gasteiger partial charge in [0, 0.05) is 55.3 Å². The lowest BCUT2D eigenvalue weighted by Gasteiger charge is -2.24. The number of nitrogens with zero attached hydrogens (tertiary/aromatic N) is 5. The maximum atomic E-state index is 14.0. The smallest absolute Gasteiger partial charge is 0.418 e. The van der Waals surface area contributed by atoms with Crippen molar-refractivity contribution in [1.82, 2.24) is 19.7 Å². The topological polar surface area (TPSA) is 197 Å². The van der Waals surface area contributed by atoms with E-state index in [1.54, 1.807) is 35.2 Å². The van der Waals surface area contributed by atoms with E-state index in [2.05, 4.69) is 26.7 Å². The Kier molecular flexibility index (Phi) is 35.3. The highest BCUT2D eigenvalue weighted by Gasteiger charge is 2.35. The summed E-state index contributed by atoms with van der Waals surface area (Å²) in [7, 11) is 5.45. The van der Waals surface area contributed by atoms with Gasteiger partial charge >= 0.3 is 12.1 Å². The van der Waals surface area contributed by atoms with E-state index in [1.807, 2.05) is 19.1 Å². The van der Waals surface area contributed by atoms with E-state index in [-0.39, 0.29) is 63.6 Å². The van der Waals surface area contributed by atoms with Gasteiger partial charge in [0.1, 0.15) is 5.84 Å². The van der Waals surface area contributed by atoms with Crippen molar-refractivity contribution in [3.05, 3.63) is 79.8 Å². The molecule has 4 rings (SSSR count). The van der Waals surface area contributed by atoms with Gasteiger partial charge in [-0.3, -0.25) is 14.6 Å². The zero-order valence-corrected chi connectivity index (χ0v) is 49.5. The number of halogens is 7. The zero-order chi connectivity index (χ0) is 61.0. The van der Waals surface area contributed by atoms with Crippen molar-refractivity contribution < 1.29 is 92.4 Å². The quantitative estimate of drug-likeness (QED) is 0.0189. The highest BCUT2D eigenvalue weighted by atomic mass is 32.1. The maximum Gasteiger partial charge on any atom is 0.418 e. The first-order valence-corrected chi connectivity index (χ1v) is 28.9. The van der Waals surface area contributed by atoms with Crippen LogP contribution < -0.4 is 10.5 Å². The number of thiophene rings is 1. The number of nitrogens with two attached hydrogens (primary N) is 1. The molecule has 1 amide bonds. The average molecular weight is 1230 g/mol. The number of amides is 1. The summed E-state index contributed by atoms with van der Waals surface area (Å²) < 4.78 is 155. The van der Waals surface area contributed by atoms with Crippen molar-refractivity contribution >= 4 is 40.8 Å². The van der Waals surface area contributed by atoms with Crippen LogP contribution in [-0.4, -0.2) is 210 Å². The van der Waals surface area contributed by atoms with Crippen molar-refractivity contribution in [3.63, 3.8) is 0 Å². The number of unbranched alkanes of at least 4 members (excludes halogenated alkanes) is 2. The molecule has 0 aliphatic carbocycles. The number of aliphatic imine (C=N–C) groups is 1. The minimum Gasteiger partial charge on any atom is -0.420 e. The number of rotatable bonds is 47. The summed E-state index contributed by atoms with van der Waals surface area (Å²) in [5.74, 6) is -9.52. The number of likely N-dealkylation sites (N-methyl/N-ethyl adjacent to an activating group) is 1. The first-order chi connectivity index (χ1) is 40.5. The Labute approximate surface area is 491 Å². The average Bonchev–Trinajstić information content (AvgIpc) is 3.65. The van der Waals surface area contributed by atoms with Crippen LogP contribution in [0.4, 0.5) is 36.4 Å². The summed E-state index contributed by atoms with van der Waals surface area (Å²) in [5.41, 5.74) is 6.92. The van der Waals surface area contributed by atoms with Crippen molar-refractivity contribution in [2.45, 2.75) is 71.1 Å². The Bertz CT molecular complexity index is 2420. The van der Waals surface area contributed by atoms with Crippen molar-refractivity contribution in [2.24, 2.45) is 10.7 Å². The molecule has 1 aromatic carbocycles.